The lowest BCUT2D eigenvalue weighted by molar-refractivity contribution is 0.0652. The second kappa shape index (κ2) is 9.20. The highest BCUT2D eigenvalue weighted by Crippen LogP contribution is 2.27. The molecule has 0 atom stereocenters. The molecule has 0 radical (unpaired) electrons. The third-order valence-electron chi connectivity index (χ3n) is 5.97. The maximum atomic E-state index is 12.6. The highest BCUT2D eigenvalue weighted by Gasteiger charge is 2.34. The summed E-state index contributed by atoms with van der Waals surface area (Å²) in [5.41, 5.74) is 3.99. The van der Waals surface area contributed by atoms with Crippen LogP contribution in [0.4, 0.5) is 5.69 Å². The molecule has 4 aromatic rings. The van der Waals surface area contributed by atoms with E-state index in [1.165, 1.54) is 4.90 Å². The molecular formula is C27H24N4O2. The van der Waals surface area contributed by atoms with E-state index in [9.17, 15) is 9.59 Å². The highest BCUT2D eigenvalue weighted by atomic mass is 16.2. The minimum atomic E-state index is -0.195. The van der Waals surface area contributed by atoms with Crippen molar-refractivity contribution >= 4 is 28.4 Å². The molecule has 6 heteroatoms. The topological polar surface area (TPSA) is 66.4 Å². The SMILES string of the molecule is O=C1c2ccccc2C(=O)N1CCCCN(Cc1ccccn1)c1cccc2cccnc12. The lowest BCUT2D eigenvalue weighted by Crippen LogP contribution is -2.31. The summed E-state index contributed by atoms with van der Waals surface area (Å²) in [6, 6.07) is 23.1. The number of imide groups is 1. The molecule has 1 aliphatic heterocycles. The van der Waals surface area contributed by atoms with Crippen LogP contribution < -0.4 is 4.90 Å². The summed E-state index contributed by atoms with van der Waals surface area (Å²) in [6.07, 6.45) is 5.16. The van der Waals surface area contributed by atoms with Crippen LogP contribution in [-0.2, 0) is 6.54 Å². The minimum Gasteiger partial charge on any atom is -0.364 e. The molecular weight excluding hydrogens is 412 g/mol. The van der Waals surface area contributed by atoms with E-state index in [2.05, 4.69) is 33.1 Å². The summed E-state index contributed by atoms with van der Waals surface area (Å²) in [7, 11) is 0. The van der Waals surface area contributed by atoms with Crippen LogP contribution in [0.25, 0.3) is 10.9 Å². The van der Waals surface area contributed by atoms with Crippen molar-refractivity contribution in [2.75, 3.05) is 18.0 Å². The number of unbranched alkanes of at least 4 members (excludes halogenated alkanes) is 1. The molecule has 2 amide bonds. The summed E-state index contributed by atoms with van der Waals surface area (Å²) in [4.78, 5) is 38.0. The van der Waals surface area contributed by atoms with Crippen LogP contribution in [0.5, 0.6) is 0 Å². The number of anilines is 1. The third-order valence-corrected chi connectivity index (χ3v) is 5.97. The first-order chi connectivity index (χ1) is 16.2. The summed E-state index contributed by atoms with van der Waals surface area (Å²) in [6.45, 7) is 1.83. The van der Waals surface area contributed by atoms with Crippen molar-refractivity contribution in [2.45, 2.75) is 19.4 Å². The van der Waals surface area contributed by atoms with Crippen molar-refractivity contribution in [3.63, 3.8) is 0 Å². The molecule has 0 saturated heterocycles. The molecule has 0 fully saturated rings. The molecule has 0 unspecified atom stereocenters. The minimum absolute atomic E-state index is 0.195. The molecule has 0 saturated carbocycles. The zero-order valence-electron chi connectivity index (χ0n) is 18.2. The van der Waals surface area contributed by atoms with Crippen molar-refractivity contribution in [1.29, 1.82) is 0 Å². The fourth-order valence-electron chi connectivity index (χ4n) is 4.33. The lowest BCUT2D eigenvalue weighted by atomic mass is 10.1. The van der Waals surface area contributed by atoms with E-state index < -0.39 is 0 Å². The van der Waals surface area contributed by atoms with Gasteiger partial charge in [-0.3, -0.25) is 24.5 Å². The second-order valence-electron chi connectivity index (χ2n) is 8.11. The monoisotopic (exact) mass is 436 g/mol. The largest absolute Gasteiger partial charge is 0.364 e. The second-order valence-corrected chi connectivity index (χ2v) is 8.11. The summed E-state index contributed by atoms with van der Waals surface area (Å²) in [5.74, 6) is -0.390. The lowest BCUT2D eigenvalue weighted by Gasteiger charge is -2.26. The van der Waals surface area contributed by atoms with Gasteiger partial charge < -0.3 is 4.90 Å². The van der Waals surface area contributed by atoms with Crippen LogP contribution >= 0.6 is 0 Å². The fourth-order valence-corrected chi connectivity index (χ4v) is 4.33. The van der Waals surface area contributed by atoms with E-state index in [0.29, 0.717) is 24.2 Å². The maximum Gasteiger partial charge on any atom is 0.261 e. The van der Waals surface area contributed by atoms with Crippen LogP contribution in [0.15, 0.2) is 85.2 Å². The average Bonchev–Trinajstić information content (AvgIpc) is 3.11. The first kappa shape index (κ1) is 20.8. The summed E-state index contributed by atoms with van der Waals surface area (Å²) >= 11 is 0. The van der Waals surface area contributed by atoms with E-state index in [-0.39, 0.29) is 11.8 Å². The van der Waals surface area contributed by atoms with E-state index in [0.717, 1.165) is 41.7 Å². The van der Waals surface area contributed by atoms with Crippen molar-refractivity contribution < 1.29 is 9.59 Å². The Hall–Kier alpha value is -4.06. The van der Waals surface area contributed by atoms with Gasteiger partial charge in [0.05, 0.1) is 34.6 Å². The van der Waals surface area contributed by atoms with Crippen LogP contribution in [0.2, 0.25) is 0 Å². The smallest absolute Gasteiger partial charge is 0.261 e. The molecule has 3 heterocycles. The number of benzene rings is 2. The van der Waals surface area contributed by atoms with Crippen LogP contribution in [0.3, 0.4) is 0 Å². The Morgan fingerprint density at radius 2 is 1.45 bits per heavy atom. The number of hydrogen-bond acceptors (Lipinski definition) is 5. The first-order valence-electron chi connectivity index (χ1n) is 11.2. The van der Waals surface area contributed by atoms with Gasteiger partial charge in [0.25, 0.3) is 11.8 Å². The summed E-state index contributed by atoms with van der Waals surface area (Å²) < 4.78 is 0. The molecule has 33 heavy (non-hydrogen) atoms. The van der Waals surface area contributed by atoms with Gasteiger partial charge in [-0.1, -0.05) is 36.4 Å². The maximum absolute atomic E-state index is 12.6. The third kappa shape index (κ3) is 4.20. The van der Waals surface area contributed by atoms with Gasteiger partial charge >= 0.3 is 0 Å². The number of nitrogens with zero attached hydrogens (tertiary/aromatic N) is 4. The van der Waals surface area contributed by atoms with Crippen molar-refractivity contribution in [3.05, 3.63) is 102 Å². The average molecular weight is 437 g/mol. The van der Waals surface area contributed by atoms with Gasteiger partial charge in [0.2, 0.25) is 0 Å². The number of carbonyl (C=O) groups excluding carboxylic acids is 2. The molecule has 164 valence electrons. The number of carbonyl (C=O) groups is 2. The highest BCUT2D eigenvalue weighted by molar-refractivity contribution is 6.21. The number of rotatable bonds is 8. The summed E-state index contributed by atoms with van der Waals surface area (Å²) in [5, 5.41) is 1.09. The molecule has 0 N–H and O–H groups in total. The van der Waals surface area contributed by atoms with Gasteiger partial charge in [-0.25, -0.2) is 0 Å². The van der Waals surface area contributed by atoms with Gasteiger partial charge in [0.1, 0.15) is 0 Å². The van der Waals surface area contributed by atoms with E-state index in [1.54, 1.807) is 30.5 Å². The van der Waals surface area contributed by atoms with Crippen molar-refractivity contribution in [1.82, 2.24) is 14.9 Å². The first-order valence-corrected chi connectivity index (χ1v) is 11.2. The number of amides is 2. The van der Waals surface area contributed by atoms with E-state index in [4.69, 9.17) is 0 Å². The number of pyridine rings is 2. The molecule has 2 aromatic heterocycles. The molecule has 0 aliphatic carbocycles. The Kier molecular flexibility index (Phi) is 5.81. The Labute approximate surface area is 192 Å². The van der Waals surface area contributed by atoms with Crippen LogP contribution in [0, 0.1) is 0 Å². The van der Waals surface area contributed by atoms with Gasteiger partial charge in [-0.15, -0.1) is 0 Å². The molecule has 0 spiro atoms. The predicted molar refractivity (Wildman–Crippen MR) is 128 cm³/mol. The zero-order valence-corrected chi connectivity index (χ0v) is 18.2. The van der Waals surface area contributed by atoms with Crippen molar-refractivity contribution in [3.8, 4) is 0 Å². The van der Waals surface area contributed by atoms with E-state index >= 15 is 0 Å². The number of aromatic nitrogens is 2. The molecule has 2 aromatic carbocycles. The van der Waals surface area contributed by atoms with Gasteiger partial charge in [-0.05, 0) is 49.2 Å². The fraction of sp³-hybridized carbons (Fsp3) is 0.185. The van der Waals surface area contributed by atoms with Gasteiger partial charge in [0, 0.05) is 30.9 Å². The van der Waals surface area contributed by atoms with Crippen LogP contribution in [0.1, 0.15) is 39.3 Å². The predicted octanol–water partition coefficient (Wildman–Crippen LogP) is 4.71. The zero-order chi connectivity index (χ0) is 22.6. The Morgan fingerprint density at radius 1 is 0.727 bits per heavy atom. The molecule has 0 bridgehead atoms. The standard InChI is InChI=1S/C27H24N4O2/c32-26-22-12-1-2-13-23(22)27(33)31(26)18-6-5-17-30(19-21-11-3-4-15-28-21)24-14-7-9-20-10-8-16-29-25(20)24/h1-4,7-16H,5-6,17-19H2. The van der Waals surface area contributed by atoms with Crippen LogP contribution in [-0.4, -0.2) is 39.8 Å². The Morgan fingerprint density at radius 3 is 2.21 bits per heavy atom. The van der Waals surface area contributed by atoms with Gasteiger partial charge in [0.15, 0.2) is 0 Å². The quantitative estimate of drug-likeness (QED) is 0.296. The Bertz CT molecular complexity index is 1270. The normalized spacial score (nSPS) is 12.9. The number of fused-ring (bicyclic) bond motifs is 2. The van der Waals surface area contributed by atoms with Crippen molar-refractivity contribution in [2.24, 2.45) is 0 Å². The van der Waals surface area contributed by atoms with Gasteiger partial charge in [-0.2, -0.15) is 0 Å². The van der Waals surface area contributed by atoms with E-state index in [1.807, 2.05) is 36.5 Å². The number of hydrogen-bond donors (Lipinski definition) is 0. The molecule has 6 nitrogen and oxygen atoms in total. The molecule has 5 rings (SSSR count). The molecule has 1 aliphatic rings. The Balaban J connectivity index is 1.30. The number of para-hydroxylation sites is 1.